The Kier molecular flexibility index (Phi) is 3.64. The molecule has 0 radical (unpaired) electrons. The summed E-state index contributed by atoms with van der Waals surface area (Å²) in [5, 5.41) is -0.299. The first-order valence-corrected chi connectivity index (χ1v) is 7.92. The number of anilines is 1. The minimum Gasteiger partial charge on any atom is -0.399 e. The van der Waals surface area contributed by atoms with Crippen LogP contribution in [-0.2, 0) is 16.4 Å². The molecule has 2 rings (SSSR count). The molecule has 1 aromatic rings. The van der Waals surface area contributed by atoms with Gasteiger partial charge in [-0.3, -0.25) is 4.90 Å². The summed E-state index contributed by atoms with van der Waals surface area (Å²) < 4.78 is 23.6. The van der Waals surface area contributed by atoms with Crippen LogP contribution in [0.2, 0.25) is 0 Å². The molecule has 1 heterocycles. The summed E-state index contributed by atoms with van der Waals surface area (Å²) in [7, 11) is -2.91. The SMILES string of the molecule is CC1C(C)S(=O)(=O)CCN1Cc1cccc(N)c1. The van der Waals surface area contributed by atoms with Crippen molar-refractivity contribution in [3.8, 4) is 0 Å². The first-order valence-electron chi connectivity index (χ1n) is 6.20. The van der Waals surface area contributed by atoms with Crippen molar-refractivity contribution in [2.45, 2.75) is 31.7 Å². The Hall–Kier alpha value is -1.07. The van der Waals surface area contributed by atoms with Crippen LogP contribution in [-0.4, -0.2) is 36.9 Å². The van der Waals surface area contributed by atoms with Gasteiger partial charge in [0.05, 0.1) is 11.0 Å². The van der Waals surface area contributed by atoms with E-state index in [-0.39, 0.29) is 17.0 Å². The maximum absolute atomic E-state index is 11.8. The molecule has 0 amide bonds. The molecule has 2 unspecified atom stereocenters. The maximum atomic E-state index is 11.8. The van der Waals surface area contributed by atoms with Crippen molar-refractivity contribution in [3.63, 3.8) is 0 Å². The van der Waals surface area contributed by atoms with Gasteiger partial charge in [-0.25, -0.2) is 8.42 Å². The zero-order valence-electron chi connectivity index (χ0n) is 10.8. The second-order valence-electron chi connectivity index (χ2n) is 5.03. The average molecular weight is 268 g/mol. The highest BCUT2D eigenvalue weighted by Crippen LogP contribution is 2.21. The van der Waals surface area contributed by atoms with E-state index in [1.807, 2.05) is 31.2 Å². The smallest absolute Gasteiger partial charge is 0.155 e. The van der Waals surface area contributed by atoms with E-state index in [0.717, 1.165) is 17.8 Å². The number of rotatable bonds is 2. The van der Waals surface area contributed by atoms with Crippen molar-refractivity contribution in [1.82, 2.24) is 4.90 Å². The Bertz CT molecular complexity index is 528. The normalized spacial score (nSPS) is 28.1. The fourth-order valence-corrected chi connectivity index (χ4v) is 4.01. The molecule has 0 aromatic heterocycles. The van der Waals surface area contributed by atoms with Crippen LogP contribution < -0.4 is 5.73 Å². The van der Waals surface area contributed by atoms with Crippen molar-refractivity contribution in [1.29, 1.82) is 0 Å². The third-order valence-corrected chi connectivity index (χ3v) is 6.10. The van der Waals surface area contributed by atoms with Crippen molar-refractivity contribution >= 4 is 15.5 Å². The molecule has 1 aliphatic rings. The highest BCUT2D eigenvalue weighted by atomic mass is 32.2. The van der Waals surface area contributed by atoms with Crippen molar-refractivity contribution in [3.05, 3.63) is 29.8 Å². The van der Waals surface area contributed by atoms with E-state index in [9.17, 15) is 8.42 Å². The highest BCUT2D eigenvalue weighted by molar-refractivity contribution is 7.92. The summed E-state index contributed by atoms with van der Waals surface area (Å²) >= 11 is 0. The lowest BCUT2D eigenvalue weighted by Gasteiger charge is -2.37. The van der Waals surface area contributed by atoms with Crippen molar-refractivity contribution in [2.75, 3.05) is 18.0 Å². The van der Waals surface area contributed by atoms with Gasteiger partial charge in [0.1, 0.15) is 0 Å². The van der Waals surface area contributed by atoms with Gasteiger partial charge in [0.2, 0.25) is 0 Å². The number of sulfone groups is 1. The molecule has 2 atom stereocenters. The van der Waals surface area contributed by atoms with Crippen LogP contribution >= 0.6 is 0 Å². The fraction of sp³-hybridized carbons (Fsp3) is 0.538. The first kappa shape index (κ1) is 13.4. The van der Waals surface area contributed by atoms with Gasteiger partial charge in [0.15, 0.2) is 9.84 Å². The van der Waals surface area contributed by atoms with Gasteiger partial charge >= 0.3 is 0 Å². The molecule has 18 heavy (non-hydrogen) atoms. The summed E-state index contributed by atoms with van der Waals surface area (Å²) in [4.78, 5) is 2.21. The summed E-state index contributed by atoms with van der Waals surface area (Å²) in [5.41, 5.74) is 7.64. The van der Waals surface area contributed by atoms with Crippen LogP contribution in [0.25, 0.3) is 0 Å². The number of hydrogen-bond acceptors (Lipinski definition) is 4. The summed E-state index contributed by atoms with van der Waals surface area (Å²) in [6, 6.07) is 7.80. The number of benzene rings is 1. The molecule has 100 valence electrons. The van der Waals surface area contributed by atoms with Crippen LogP contribution in [0.5, 0.6) is 0 Å². The molecule has 1 fully saturated rings. The Labute approximate surface area is 109 Å². The predicted molar refractivity (Wildman–Crippen MR) is 74.0 cm³/mol. The Balaban J connectivity index is 2.12. The fourth-order valence-electron chi connectivity index (χ4n) is 2.38. The quantitative estimate of drug-likeness (QED) is 0.821. The maximum Gasteiger partial charge on any atom is 0.155 e. The van der Waals surface area contributed by atoms with Crippen LogP contribution in [0, 0.1) is 0 Å². The molecule has 0 aliphatic carbocycles. The molecular weight excluding hydrogens is 248 g/mol. The standard InChI is InChI=1S/C13H20N2O2S/c1-10-11(2)18(16,17)7-6-15(10)9-12-4-3-5-13(14)8-12/h3-5,8,10-11H,6-7,9,14H2,1-2H3. The molecule has 1 aliphatic heterocycles. The Morgan fingerprint density at radius 2 is 2.11 bits per heavy atom. The second-order valence-corrected chi connectivity index (χ2v) is 7.51. The molecule has 1 saturated heterocycles. The summed E-state index contributed by atoms with van der Waals surface area (Å²) in [5.74, 6) is 0.251. The van der Waals surface area contributed by atoms with Crippen molar-refractivity contribution < 1.29 is 8.42 Å². The minimum atomic E-state index is -2.91. The Morgan fingerprint density at radius 3 is 2.78 bits per heavy atom. The van der Waals surface area contributed by atoms with Gasteiger partial charge in [-0.2, -0.15) is 0 Å². The highest BCUT2D eigenvalue weighted by Gasteiger charge is 2.35. The predicted octanol–water partition coefficient (Wildman–Crippen LogP) is 1.28. The topological polar surface area (TPSA) is 63.4 Å². The number of nitrogens with two attached hydrogens (primary N) is 1. The summed E-state index contributed by atoms with van der Waals surface area (Å²) in [6.07, 6.45) is 0. The number of nitrogens with zero attached hydrogens (tertiary/aromatic N) is 1. The Morgan fingerprint density at radius 1 is 1.39 bits per heavy atom. The molecule has 2 N–H and O–H groups in total. The van der Waals surface area contributed by atoms with Gasteiger partial charge in [-0.1, -0.05) is 12.1 Å². The molecule has 0 saturated carbocycles. The zero-order valence-corrected chi connectivity index (χ0v) is 11.7. The first-order chi connectivity index (χ1) is 8.40. The molecule has 1 aromatic carbocycles. The lowest BCUT2D eigenvalue weighted by Crippen LogP contribution is -2.51. The molecule has 4 nitrogen and oxygen atoms in total. The van der Waals surface area contributed by atoms with Gasteiger partial charge in [0, 0.05) is 24.8 Å². The van der Waals surface area contributed by atoms with E-state index in [1.54, 1.807) is 6.92 Å². The van der Waals surface area contributed by atoms with Crippen LogP contribution in [0.15, 0.2) is 24.3 Å². The molecule has 0 bridgehead atoms. The summed E-state index contributed by atoms with van der Waals surface area (Å²) in [6.45, 7) is 5.13. The number of nitrogen functional groups attached to an aromatic ring is 1. The third kappa shape index (κ3) is 2.67. The van der Waals surface area contributed by atoms with Crippen LogP contribution in [0.4, 0.5) is 5.69 Å². The average Bonchev–Trinajstić information content (AvgIpc) is 2.31. The number of hydrogen-bond donors (Lipinski definition) is 1. The van der Waals surface area contributed by atoms with Crippen molar-refractivity contribution in [2.24, 2.45) is 0 Å². The van der Waals surface area contributed by atoms with Gasteiger partial charge < -0.3 is 5.73 Å². The van der Waals surface area contributed by atoms with Crippen LogP contribution in [0.3, 0.4) is 0 Å². The van der Waals surface area contributed by atoms with E-state index in [1.165, 1.54) is 0 Å². The van der Waals surface area contributed by atoms with Gasteiger partial charge in [-0.15, -0.1) is 0 Å². The molecule has 0 spiro atoms. The monoisotopic (exact) mass is 268 g/mol. The van der Waals surface area contributed by atoms with Gasteiger partial charge in [-0.05, 0) is 31.5 Å². The zero-order chi connectivity index (χ0) is 13.3. The minimum absolute atomic E-state index is 0.0465. The van der Waals surface area contributed by atoms with Crippen LogP contribution in [0.1, 0.15) is 19.4 Å². The largest absolute Gasteiger partial charge is 0.399 e. The van der Waals surface area contributed by atoms with E-state index < -0.39 is 9.84 Å². The third-order valence-electron chi connectivity index (χ3n) is 3.82. The van der Waals surface area contributed by atoms with E-state index in [4.69, 9.17) is 5.73 Å². The lowest BCUT2D eigenvalue weighted by atomic mass is 10.1. The molecule has 5 heteroatoms. The van der Waals surface area contributed by atoms with E-state index >= 15 is 0 Å². The van der Waals surface area contributed by atoms with E-state index in [0.29, 0.717) is 6.54 Å². The van der Waals surface area contributed by atoms with Gasteiger partial charge in [0.25, 0.3) is 0 Å². The second kappa shape index (κ2) is 4.90. The molecular formula is C13H20N2O2S. The lowest BCUT2D eigenvalue weighted by molar-refractivity contribution is 0.197. The van der Waals surface area contributed by atoms with E-state index in [2.05, 4.69) is 4.90 Å².